The summed E-state index contributed by atoms with van der Waals surface area (Å²) in [4.78, 5) is 14.6. The fourth-order valence-electron chi connectivity index (χ4n) is 3.42. The zero-order valence-corrected chi connectivity index (χ0v) is 15.5. The van der Waals surface area contributed by atoms with Gasteiger partial charge >= 0.3 is 0 Å². The van der Waals surface area contributed by atoms with Crippen molar-refractivity contribution >= 4 is 29.3 Å². The lowest BCUT2D eigenvalue weighted by molar-refractivity contribution is -0.131. The van der Waals surface area contributed by atoms with Crippen LogP contribution >= 0.6 is 12.4 Å². The molecule has 0 aliphatic carbocycles. The number of benzene rings is 1. The number of furan rings is 1. The van der Waals surface area contributed by atoms with Gasteiger partial charge in [0.2, 0.25) is 5.91 Å². The number of piperidine rings is 1. The van der Waals surface area contributed by atoms with E-state index in [-0.39, 0.29) is 18.3 Å². The summed E-state index contributed by atoms with van der Waals surface area (Å²) in [6.45, 7) is 6.97. The summed E-state index contributed by atoms with van der Waals surface area (Å²) in [5.41, 5.74) is 4.34. The Hall–Kier alpha value is -1.52. The van der Waals surface area contributed by atoms with Crippen LogP contribution in [0.15, 0.2) is 22.8 Å². The van der Waals surface area contributed by atoms with E-state index in [0.717, 1.165) is 49.0 Å². The van der Waals surface area contributed by atoms with E-state index in [1.807, 2.05) is 11.9 Å². The monoisotopic (exact) mass is 350 g/mol. The number of carbonyl (C=O) groups is 1. The highest BCUT2D eigenvalue weighted by Gasteiger charge is 2.23. The van der Waals surface area contributed by atoms with Crippen LogP contribution in [0.25, 0.3) is 11.0 Å². The minimum absolute atomic E-state index is 0. The predicted molar refractivity (Wildman–Crippen MR) is 99.9 cm³/mol. The van der Waals surface area contributed by atoms with Gasteiger partial charge in [-0.3, -0.25) is 4.79 Å². The molecule has 1 fully saturated rings. The molecule has 1 aromatic heterocycles. The number of hydrogen-bond acceptors (Lipinski definition) is 3. The Balaban J connectivity index is 0.00000208. The van der Waals surface area contributed by atoms with Crippen molar-refractivity contribution in [2.75, 3.05) is 26.7 Å². The molecule has 0 spiro atoms. The molecule has 132 valence electrons. The third kappa shape index (κ3) is 3.93. The number of fused-ring (bicyclic) bond motifs is 1. The van der Waals surface area contributed by atoms with Crippen molar-refractivity contribution < 1.29 is 9.21 Å². The molecule has 0 radical (unpaired) electrons. The Morgan fingerprint density at radius 3 is 2.58 bits per heavy atom. The minimum atomic E-state index is 0. The lowest BCUT2D eigenvalue weighted by Crippen LogP contribution is -2.41. The van der Waals surface area contributed by atoms with Gasteiger partial charge in [-0.1, -0.05) is 0 Å². The van der Waals surface area contributed by atoms with Crippen LogP contribution in [0.1, 0.15) is 29.5 Å². The van der Waals surface area contributed by atoms with Crippen molar-refractivity contribution in [1.82, 2.24) is 10.2 Å². The molecule has 2 aromatic rings. The smallest absolute Gasteiger partial charge is 0.227 e. The molecule has 2 heterocycles. The molecule has 1 aliphatic rings. The first kappa shape index (κ1) is 18.8. The van der Waals surface area contributed by atoms with Crippen LogP contribution in [-0.4, -0.2) is 37.5 Å². The maximum Gasteiger partial charge on any atom is 0.227 e. The molecular weight excluding hydrogens is 324 g/mol. The minimum Gasteiger partial charge on any atom is -0.464 e. The van der Waals surface area contributed by atoms with Gasteiger partial charge in [0.25, 0.3) is 0 Å². The number of amides is 1. The number of likely N-dealkylation sites (tertiary alicyclic amines) is 1. The maximum absolute atomic E-state index is 12.6. The topological polar surface area (TPSA) is 45.5 Å². The van der Waals surface area contributed by atoms with Gasteiger partial charge in [0.1, 0.15) is 5.58 Å². The van der Waals surface area contributed by atoms with Crippen LogP contribution in [0.5, 0.6) is 0 Å². The summed E-state index contributed by atoms with van der Waals surface area (Å²) in [5.74, 6) is 0.915. The summed E-state index contributed by atoms with van der Waals surface area (Å²) in [6.07, 6.45) is 4.37. The van der Waals surface area contributed by atoms with Crippen molar-refractivity contribution in [3.8, 4) is 0 Å². The van der Waals surface area contributed by atoms with Crippen molar-refractivity contribution in [3.05, 3.63) is 35.1 Å². The van der Waals surface area contributed by atoms with Gasteiger partial charge in [-0.15, -0.1) is 12.4 Å². The average molecular weight is 351 g/mol. The van der Waals surface area contributed by atoms with Crippen LogP contribution < -0.4 is 5.32 Å². The van der Waals surface area contributed by atoms with Crippen LogP contribution in [0.4, 0.5) is 0 Å². The molecule has 5 heteroatoms. The van der Waals surface area contributed by atoms with E-state index in [2.05, 4.69) is 31.3 Å². The maximum atomic E-state index is 12.6. The van der Waals surface area contributed by atoms with Crippen LogP contribution in [-0.2, 0) is 11.2 Å². The molecular formula is C19H27ClN2O2. The molecule has 1 N–H and O–H groups in total. The van der Waals surface area contributed by atoms with Crippen molar-refractivity contribution in [3.63, 3.8) is 0 Å². The number of nitrogens with one attached hydrogen (secondary N) is 1. The number of carbonyl (C=O) groups excluding carboxylic acids is 1. The molecule has 1 aromatic carbocycles. The molecule has 4 nitrogen and oxygen atoms in total. The lowest BCUT2D eigenvalue weighted by Gasteiger charge is -2.32. The van der Waals surface area contributed by atoms with Gasteiger partial charge < -0.3 is 14.6 Å². The third-order valence-electron chi connectivity index (χ3n) is 5.07. The average Bonchev–Trinajstić information content (AvgIpc) is 2.91. The van der Waals surface area contributed by atoms with Gasteiger partial charge in [0.15, 0.2) is 0 Å². The van der Waals surface area contributed by atoms with Gasteiger partial charge in [0.05, 0.1) is 12.7 Å². The highest BCUT2D eigenvalue weighted by molar-refractivity contribution is 5.88. The molecule has 0 bridgehead atoms. The summed E-state index contributed by atoms with van der Waals surface area (Å²) in [7, 11) is 1.99. The molecule has 1 saturated heterocycles. The van der Waals surface area contributed by atoms with E-state index in [4.69, 9.17) is 4.42 Å². The number of nitrogens with zero attached hydrogens (tertiary/aromatic N) is 1. The molecule has 0 unspecified atom stereocenters. The molecule has 1 aliphatic heterocycles. The van der Waals surface area contributed by atoms with Crippen LogP contribution in [0, 0.1) is 19.8 Å². The highest BCUT2D eigenvalue weighted by atomic mass is 35.5. The Morgan fingerprint density at radius 1 is 1.25 bits per heavy atom. The van der Waals surface area contributed by atoms with E-state index in [1.165, 1.54) is 11.1 Å². The zero-order valence-electron chi connectivity index (χ0n) is 14.7. The Kier molecular flexibility index (Phi) is 6.30. The second-order valence-electron chi connectivity index (χ2n) is 6.75. The van der Waals surface area contributed by atoms with E-state index in [0.29, 0.717) is 12.3 Å². The largest absolute Gasteiger partial charge is 0.464 e. The zero-order chi connectivity index (χ0) is 16.4. The second kappa shape index (κ2) is 8.04. The van der Waals surface area contributed by atoms with E-state index in [1.54, 1.807) is 6.26 Å². The Bertz CT molecular complexity index is 703. The highest BCUT2D eigenvalue weighted by Crippen LogP contribution is 2.26. The normalized spacial score (nSPS) is 15.5. The van der Waals surface area contributed by atoms with Crippen molar-refractivity contribution in [2.24, 2.45) is 5.92 Å². The fourth-order valence-corrected chi connectivity index (χ4v) is 3.42. The number of halogens is 1. The standard InChI is InChI=1S/C19H26N2O2.ClH/c1-13-8-17-16(12-23-18(17)9-14(13)2)10-19(22)21-6-4-15(5-7-21)11-20-3;/h8-9,12,15,20H,4-7,10-11H2,1-3H3;1H. The Morgan fingerprint density at radius 2 is 1.92 bits per heavy atom. The fraction of sp³-hybridized carbons (Fsp3) is 0.526. The molecule has 3 rings (SSSR count). The van der Waals surface area contributed by atoms with Crippen LogP contribution in [0.2, 0.25) is 0 Å². The number of hydrogen-bond donors (Lipinski definition) is 1. The first-order valence-electron chi connectivity index (χ1n) is 8.48. The van der Waals surface area contributed by atoms with Gasteiger partial charge in [-0.25, -0.2) is 0 Å². The quantitative estimate of drug-likeness (QED) is 0.918. The van der Waals surface area contributed by atoms with E-state index >= 15 is 0 Å². The Labute approximate surface area is 150 Å². The summed E-state index contributed by atoms with van der Waals surface area (Å²) < 4.78 is 5.64. The molecule has 1 amide bonds. The predicted octanol–water partition coefficient (Wildman–Crippen LogP) is 3.47. The summed E-state index contributed by atoms with van der Waals surface area (Å²) in [5, 5.41) is 4.31. The van der Waals surface area contributed by atoms with E-state index < -0.39 is 0 Å². The van der Waals surface area contributed by atoms with Gasteiger partial charge in [-0.05, 0) is 69.5 Å². The molecule has 0 saturated carbocycles. The van der Waals surface area contributed by atoms with Crippen LogP contribution in [0.3, 0.4) is 0 Å². The van der Waals surface area contributed by atoms with Crippen molar-refractivity contribution in [1.29, 1.82) is 0 Å². The van der Waals surface area contributed by atoms with Gasteiger partial charge in [0, 0.05) is 24.0 Å². The SMILES string of the molecule is CNCC1CCN(C(=O)Cc2coc3cc(C)c(C)cc23)CC1.Cl. The lowest BCUT2D eigenvalue weighted by atomic mass is 9.96. The summed E-state index contributed by atoms with van der Waals surface area (Å²) in [6, 6.07) is 4.19. The summed E-state index contributed by atoms with van der Waals surface area (Å²) >= 11 is 0. The second-order valence-corrected chi connectivity index (χ2v) is 6.75. The van der Waals surface area contributed by atoms with E-state index in [9.17, 15) is 4.79 Å². The number of aryl methyl sites for hydroxylation is 2. The molecule has 0 atom stereocenters. The van der Waals surface area contributed by atoms with Gasteiger partial charge in [-0.2, -0.15) is 0 Å². The molecule has 24 heavy (non-hydrogen) atoms. The first-order valence-corrected chi connectivity index (χ1v) is 8.48. The number of rotatable bonds is 4. The first-order chi connectivity index (χ1) is 11.1. The van der Waals surface area contributed by atoms with Crippen molar-refractivity contribution in [2.45, 2.75) is 33.1 Å². The third-order valence-corrected chi connectivity index (χ3v) is 5.07.